The summed E-state index contributed by atoms with van der Waals surface area (Å²) in [5.74, 6) is -0.602. The molecule has 0 aromatic rings. The summed E-state index contributed by atoms with van der Waals surface area (Å²) in [4.78, 5) is 72.8. The molecule has 0 spiro atoms. The van der Waals surface area contributed by atoms with Gasteiger partial charge in [0, 0.05) is 25.7 Å². The molecule has 0 saturated heterocycles. The highest BCUT2D eigenvalue weighted by Crippen LogP contribution is 2.45. The topological polar surface area (TPSA) is 237 Å². The van der Waals surface area contributed by atoms with Crippen LogP contribution in [0.15, 0.2) is 0 Å². The Balaban J connectivity index is 5.24. The molecule has 0 fully saturated rings. The smallest absolute Gasteiger partial charge is 0.462 e. The van der Waals surface area contributed by atoms with Gasteiger partial charge in [0.15, 0.2) is 12.2 Å². The van der Waals surface area contributed by atoms with Crippen LogP contribution in [0.2, 0.25) is 0 Å². The van der Waals surface area contributed by atoms with E-state index in [-0.39, 0.29) is 25.7 Å². The third kappa shape index (κ3) is 70.3. The minimum absolute atomic E-state index is 0.105. The second kappa shape index (κ2) is 67.9. The molecule has 0 aromatic heterocycles. The summed E-state index contributed by atoms with van der Waals surface area (Å²) < 4.78 is 68.5. The van der Waals surface area contributed by atoms with Crippen molar-refractivity contribution in [2.24, 2.45) is 11.8 Å². The molecule has 0 saturated carbocycles. The predicted octanol–water partition coefficient (Wildman–Crippen LogP) is 22.3. The highest BCUT2D eigenvalue weighted by atomic mass is 31.2. The lowest BCUT2D eigenvalue weighted by molar-refractivity contribution is -0.161. The Kier molecular flexibility index (Phi) is 66.5. The van der Waals surface area contributed by atoms with Gasteiger partial charge in [0.05, 0.1) is 26.4 Å². The van der Waals surface area contributed by atoms with E-state index in [0.717, 1.165) is 102 Å². The molecular formula is C76H148O17P2. The lowest BCUT2D eigenvalue weighted by Gasteiger charge is -2.21. The molecule has 0 radical (unpaired) electrons. The Morgan fingerprint density at radius 2 is 0.484 bits per heavy atom. The van der Waals surface area contributed by atoms with Gasteiger partial charge >= 0.3 is 39.5 Å². The van der Waals surface area contributed by atoms with Crippen LogP contribution in [0.1, 0.15) is 395 Å². The van der Waals surface area contributed by atoms with E-state index in [1.54, 1.807) is 0 Å². The van der Waals surface area contributed by atoms with Crippen LogP contribution in [-0.2, 0) is 65.4 Å². The molecule has 0 aliphatic rings. The van der Waals surface area contributed by atoms with Gasteiger partial charge in [-0.15, -0.1) is 0 Å². The minimum Gasteiger partial charge on any atom is -0.462 e. The van der Waals surface area contributed by atoms with Crippen molar-refractivity contribution in [2.75, 3.05) is 39.6 Å². The van der Waals surface area contributed by atoms with Crippen LogP contribution in [0.25, 0.3) is 0 Å². The molecule has 0 aliphatic carbocycles. The van der Waals surface area contributed by atoms with Crippen molar-refractivity contribution in [2.45, 2.75) is 413 Å². The Labute approximate surface area is 581 Å². The van der Waals surface area contributed by atoms with Crippen LogP contribution in [0.4, 0.5) is 0 Å². The minimum atomic E-state index is -4.96. The first kappa shape index (κ1) is 93.1. The van der Waals surface area contributed by atoms with Gasteiger partial charge in [0.25, 0.3) is 0 Å². The maximum Gasteiger partial charge on any atom is 0.472 e. The van der Waals surface area contributed by atoms with Crippen molar-refractivity contribution in [3.8, 4) is 0 Å². The number of hydrogen-bond acceptors (Lipinski definition) is 15. The first-order valence-corrected chi connectivity index (χ1v) is 42.5. The number of aliphatic hydroxyl groups is 1. The third-order valence-electron chi connectivity index (χ3n) is 17.7. The summed E-state index contributed by atoms with van der Waals surface area (Å²) in [6, 6.07) is 0. The lowest BCUT2D eigenvalue weighted by Crippen LogP contribution is -2.30. The number of rotatable bonds is 75. The van der Waals surface area contributed by atoms with E-state index in [2.05, 4.69) is 41.5 Å². The fourth-order valence-electron chi connectivity index (χ4n) is 11.7. The van der Waals surface area contributed by atoms with E-state index < -0.39 is 97.5 Å². The van der Waals surface area contributed by atoms with Crippen LogP contribution in [-0.4, -0.2) is 96.7 Å². The molecule has 0 heterocycles. The maximum atomic E-state index is 13.1. The number of aliphatic hydroxyl groups excluding tert-OH is 1. The van der Waals surface area contributed by atoms with E-state index in [1.807, 2.05) is 0 Å². The van der Waals surface area contributed by atoms with E-state index >= 15 is 0 Å². The standard InChI is InChI=1S/C76H148O17P2/c1-7-9-11-13-15-17-19-20-21-22-26-30-34-41-47-53-59-74(79)87-64-71(92-75(80)60-54-48-42-35-31-27-24-23-25-29-32-38-44-50-56-68(3)4)66-90-94(82,83)88-62-70(77)63-89-95(84,85)91-67-72(93-76(81)61-55-49-43-37-36-39-45-51-57-69(5)6)65-86-73(78)58-52-46-40-33-28-18-16-14-12-10-8-2/h68-72,77H,7-67H2,1-6H3,(H,82,83)(H,84,85)/t70-,71-,72-/m1/s1. The highest BCUT2D eigenvalue weighted by Gasteiger charge is 2.30. The monoisotopic (exact) mass is 1400 g/mol. The number of unbranched alkanes of at least 4 members (excludes halogenated alkanes) is 45. The predicted molar refractivity (Wildman–Crippen MR) is 386 cm³/mol. The summed E-state index contributed by atoms with van der Waals surface area (Å²) in [5, 5.41) is 10.6. The van der Waals surface area contributed by atoms with E-state index in [1.165, 1.54) is 212 Å². The first-order chi connectivity index (χ1) is 45.9. The Morgan fingerprint density at radius 3 is 0.716 bits per heavy atom. The molecule has 0 bridgehead atoms. The number of hydrogen-bond donors (Lipinski definition) is 3. The molecule has 564 valence electrons. The normalized spacial score (nSPS) is 14.0. The fourth-order valence-corrected chi connectivity index (χ4v) is 13.2. The summed E-state index contributed by atoms with van der Waals surface area (Å²) in [6.45, 7) is 9.58. The molecule has 3 N–H and O–H groups in total. The summed E-state index contributed by atoms with van der Waals surface area (Å²) in [5.41, 5.74) is 0. The van der Waals surface area contributed by atoms with Crippen molar-refractivity contribution in [3.63, 3.8) is 0 Å². The lowest BCUT2D eigenvalue weighted by atomic mass is 10.0. The molecule has 95 heavy (non-hydrogen) atoms. The Morgan fingerprint density at radius 1 is 0.284 bits per heavy atom. The first-order valence-electron chi connectivity index (χ1n) is 39.5. The van der Waals surface area contributed by atoms with Crippen molar-refractivity contribution < 1.29 is 80.2 Å². The van der Waals surface area contributed by atoms with Gasteiger partial charge in [-0.05, 0) is 37.5 Å². The summed E-state index contributed by atoms with van der Waals surface area (Å²) in [6.07, 6.45) is 55.4. The van der Waals surface area contributed by atoms with Crippen molar-refractivity contribution in [1.82, 2.24) is 0 Å². The van der Waals surface area contributed by atoms with Gasteiger partial charge in [-0.3, -0.25) is 37.3 Å². The average Bonchev–Trinajstić information content (AvgIpc) is 1.63. The number of esters is 4. The van der Waals surface area contributed by atoms with E-state index in [0.29, 0.717) is 25.7 Å². The molecule has 5 atom stereocenters. The molecule has 19 heteroatoms. The largest absolute Gasteiger partial charge is 0.472 e. The summed E-state index contributed by atoms with van der Waals surface area (Å²) in [7, 11) is -9.91. The number of carbonyl (C=O) groups is 4. The average molecular weight is 1400 g/mol. The zero-order valence-electron chi connectivity index (χ0n) is 62.0. The number of phosphoric ester groups is 2. The highest BCUT2D eigenvalue weighted by molar-refractivity contribution is 7.47. The van der Waals surface area contributed by atoms with Gasteiger partial charge in [-0.25, -0.2) is 9.13 Å². The molecule has 0 rings (SSSR count). The SMILES string of the molecule is CCCCCCCCCCCCCCCCCCC(=O)OC[C@H](COP(=O)(O)OC[C@@H](O)COP(=O)(O)OC[C@@H](COC(=O)CCCCCCCCCCCCC)OC(=O)CCCCCCCCCCC(C)C)OC(=O)CCCCCCCCCCCCCCCCC(C)C. The van der Waals surface area contributed by atoms with Crippen LogP contribution in [0.5, 0.6) is 0 Å². The van der Waals surface area contributed by atoms with Gasteiger partial charge in [-0.1, -0.05) is 343 Å². The fraction of sp³-hybridized carbons (Fsp3) is 0.947. The van der Waals surface area contributed by atoms with Crippen LogP contribution < -0.4 is 0 Å². The number of phosphoric acid groups is 2. The Bertz CT molecular complexity index is 1840. The molecule has 0 aliphatic heterocycles. The quantitative estimate of drug-likeness (QED) is 0.0222. The van der Waals surface area contributed by atoms with Gasteiger partial charge in [-0.2, -0.15) is 0 Å². The molecule has 0 amide bonds. The van der Waals surface area contributed by atoms with Gasteiger partial charge in [0.2, 0.25) is 0 Å². The number of ether oxygens (including phenoxy) is 4. The van der Waals surface area contributed by atoms with Crippen LogP contribution in [0, 0.1) is 11.8 Å². The van der Waals surface area contributed by atoms with Crippen molar-refractivity contribution in [1.29, 1.82) is 0 Å². The van der Waals surface area contributed by atoms with Crippen molar-refractivity contribution >= 4 is 39.5 Å². The molecule has 2 unspecified atom stereocenters. The number of carbonyl (C=O) groups excluding carboxylic acids is 4. The summed E-state index contributed by atoms with van der Waals surface area (Å²) >= 11 is 0. The van der Waals surface area contributed by atoms with Gasteiger partial charge in [0.1, 0.15) is 19.3 Å². The second-order valence-electron chi connectivity index (χ2n) is 28.3. The van der Waals surface area contributed by atoms with E-state index in [4.69, 9.17) is 37.0 Å². The zero-order valence-corrected chi connectivity index (χ0v) is 63.8. The van der Waals surface area contributed by atoms with Gasteiger partial charge < -0.3 is 33.8 Å². The third-order valence-corrected chi connectivity index (χ3v) is 19.6. The van der Waals surface area contributed by atoms with Crippen molar-refractivity contribution in [3.05, 3.63) is 0 Å². The second-order valence-corrected chi connectivity index (χ2v) is 31.3. The maximum absolute atomic E-state index is 13.1. The van der Waals surface area contributed by atoms with Crippen LogP contribution >= 0.6 is 15.6 Å². The molecule has 17 nitrogen and oxygen atoms in total. The zero-order chi connectivity index (χ0) is 70.0. The molecular weight excluding hydrogens is 1250 g/mol. The van der Waals surface area contributed by atoms with Crippen LogP contribution in [0.3, 0.4) is 0 Å². The molecule has 0 aromatic carbocycles. The Hall–Kier alpha value is -1.94. The van der Waals surface area contributed by atoms with E-state index in [9.17, 15) is 43.2 Å².